The summed E-state index contributed by atoms with van der Waals surface area (Å²) < 4.78 is 26.7. The van der Waals surface area contributed by atoms with Gasteiger partial charge in [-0.2, -0.15) is 5.10 Å². The predicted octanol–water partition coefficient (Wildman–Crippen LogP) is 1.93. The number of hydrogen-bond acceptors (Lipinski definition) is 4. The summed E-state index contributed by atoms with van der Waals surface area (Å²) in [7, 11) is -0.457. The molecule has 2 atom stereocenters. The first-order chi connectivity index (χ1) is 11.7. The van der Waals surface area contributed by atoms with Crippen LogP contribution < -0.4 is 10.8 Å². The number of aromatic nitrogens is 2. The zero-order valence-corrected chi connectivity index (χ0v) is 14.7. The number of nitrogens with zero attached hydrogens (tertiary/aromatic N) is 2. The zero-order chi connectivity index (χ0) is 18.0. The minimum atomic E-state index is -1.02. The number of fused-ring (bicyclic) bond motifs is 1. The Bertz CT molecular complexity index is 835. The minimum absolute atomic E-state index is 0.297. The van der Waals surface area contributed by atoms with Gasteiger partial charge in [0.2, 0.25) is 5.91 Å². The van der Waals surface area contributed by atoms with Gasteiger partial charge in [0.25, 0.3) is 0 Å². The molecular formula is C17H21BFN3O3. The lowest BCUT2D eigenvalue weighted by Gasteiger charge is -2.32. The summed E-state index contributed by atoms with van der Waals surface area (Å²) in [6, 6.07) is 5.55. The summed E-state index contributed by atoms with van der Waals surface area (Å²) in [6.07, 6.45) is 1.07. The van der Waals surface area contributed by atoms with Crippen LogP contribution in [-0.2, 0) is 14.1 Å². The molecule has 2 aliphatic rings. The van der Waals surface area contributed by atoms with Crippen molar-refractivity contribution in [3.05, 3.63) is 24.4 Å². The second kappa shape index (κ2) is 5.28. The van der Waals surface area contributed by atoms with Crippen molar-refractivity contribution in [2.45, 2.75) is 51.5 Å². The molecule has 3 heterocycles. The van der Waals surface area contributed by atoms with E-state index in [1.54, 1.807) is 16.8 Å². The Morgan fingerprint density at radius 3 is 2.56 bits per heavy atom. The maximum Gasteiger partial charge on any atom is 0.494 e. The van der Waals surface area contributed by atoms with Gasteiger partial charge in [-0.3, -0.25) is 4.79 Å². The van der Waals surface area contributed by atoms with Crippen LogP contribution in [0.2, 0.25) is 0 Å². The normalized spacial score (nSPS) is 26.8. The van der Waals surface area contributed by atoms with Crippen LogP contribution in [0.15, 0.2) is 24.4 Å². The minimum Gasteiger partial charge on any atom is -0.399 e. The monoisotopic (exact) mass is 345 g/mol. The highest BCUT2D eigenvalue weighted by atomic mass is 19.1. The fourth-order valence-corrected chi connectivity index (χ4v) is 2.85. The Hall–Kier alpha value is -1.93. The van der Waals surface area contributed by atoms with Gasteiger partial charge in [-0.15, -0.1) is 0 Å². The summed E-state index contributed by atoms with van der Waals surface area (Å²) >= 11 is 0. The van der Waals surface area contributed by atoms with Crippen LogP contribution in [0.3, 0.4) is 0 Å². The molecule has 2 fully saturated rings. The standard InChI is InChI=1S/C17H21BFN3O3/c1-16(2)17(3,4)25-18(24-16)10-5-6-22-11(7-10)8-14(21-22)20-15(23)12-9-13(12)19/h5-8,12-13H,9H2,1-4H3,(H,20,21,23)/t12-,13+/m1/s1. The molecule has 1 saturated heterocycles. The van der Waals surface area contributed by atoms with Gasteiger partial charge in [-0.1, -0.05) is 0 Å². The van der Waals surface area contributed by atoms with E-state index >= 15 is 0 Å². The van der Waals surface area contributed by atoms with Crippen LogP contribution in [0.1, 0.15) is 34.1 Å². The van der Waals surface area contributed by atoms with Crippen molar-refractivity contribution in [3.63, 3.8) is 0 Å². The van der Waals surface area contributed by atoms with E-state index in [0.29, 0.717) is 12.2 Å². The maximum absolute atomic E-state index is 13.0. The number of nitrogens with one attached hydrogen (secondary N) is 1. The van der Waals surface area contributed by atoms with Gasteiger partial charge in [0.05, 0.1) is 22.6 Å². The lowest BCUT2D eigenvalue weighted by molar-refractivity contribution is -0.117. The van der Waals surface area contributed by atoms with Crippen molar-refractivity contribution in [3.8, 4) is 0 Å². The van der Waals surface area contributed by atoms with Gasteiger partial charge < -0.3 is 14.6 Å². The molecule has 1 amide bonds. The highest BCUT2D eigenvalue weighted by molar-refractivity contribution is 6.62. The van der Waals surface area contributed by atoms with Gasteiger partial charge in [0, 0.05) is 12.3 Å². The van der Waals surface area contributed by atoms with Gasteiger partial charge in [-0.05, 0) is 51.7 Å². The van der Waals surface area contributed by atoms with Crippen LogP contribution in [0.4, 0.5) is 10.2 Å². The molecule has 0 aromatic carbocycles. The van der Waals surface area contributed by atoms with Gasteiger partial charge in [-0.25, -0.2) is 8.91 Å². The molecule has 0 bridgehead atoms. The Labute approximate surface area is 145 Å². The number of carbonyl (C=O) groups excluding carboxylic acids is 1. The lowest BCUT2D eigenvalue weighted by atomic mass is 9.79. The summed E-state index contributed by atoms with van der Waals surface area (Å²) in [6.45, 7) is 8.03. The van der Waals surface area contributed by atoms with Crippen LogP contribution in [0.25, 0.3) is 5.52 Å². The highest BCUT2D eigenvalue weighted by Crippen LogP contribution is 2.36. The summed E-state index contributed by atoms with van der Waals surface area (Å²) in [5.41, 5.74) is 0.872. The summed E-state index contributed by atoms with van der Waals surface area (Å²) in [5, 5.41) is 6.96. The maximum atomic E-state index is 13.0. The second-order valence-corrected chi connectivity index (χ2v) is 7.79. The highest BCUT2D eigenvalue weighted by Gasteiger charge is 2.51. The topological polar surface area (TPSA) is 64.9 Å². The first-order valence-electron chi connectivity index (χ1n) is 8.46. The molecule has 1 aliphatic heterocycles. The van der Waals surface area contributed by atoms with Crippen LogP contribution >= 0.6 is 0 Å². The quantitative estimate of drug-likeness (QED) is 0.864. The first kappa shape index (κ1) is 16.5. The van der Waals surface area contributed by atoms with E-state index in [4.69, 9.17) is 9.31 Å². The molecule has 0 unspecified atom stereocenters. The second-order valence-electron chi connectivity index (χ2n) is 7.79. The van der Waals surface area contributed by atoms with Crippen LogP contribution in [0.5, 0.6) is 0 Å². The number of hydrogen-bond donors (Lipinski definition) is 1. The largest absolute Gasteiger partial charge is 0.494 e. The van der Waals surface area contributed by atoms with Gasteiger partial charge >= 0.3 is 7.12 Å². The number of rotatable bonds is 3. The number of alkyl halides is 1. The molecule has 1 N–H and O–H groups in total. The molecule has 132 valence electrons. The van der Waals surface area contributed by atoms with E-state index in [-0.39, 0.29) is 5.91 Å². The Kier molecular flexibility index (Phi) is 3.50. The molecule has 0 radical (unpaired) electrons. The first-order valence-corrected chi connectivity index (χ1v) is 8.46. The van der Waals surface area contributed by atoms with E-state index in [0.717, 1.165) is 11.0 Å². The molecule has 8 heteroatoms. The fourth-order valence-electron chi connectivity index (χ4n) is 2.85. The average molecular weight is 345 g/mol. The van der Waals surface area contributed by atoms with Crippen molar-refractivity contribution < 1.29 is 18.5 Å². The van der Waals surface area contributed by atoms with E-state index < -0.39 is 30.4 Å². The third-order valence-electron chi connectivity index (χ3n) is 5.31. The lowest BCUT2D eigenvalue weighted by Crippen LogP contribution is -2.41. The van der Waals surface area contributed by atoms with Crippen molar-refractivity contribution >= 4 is 29.8 Å². The van der Waals surface area contributed by atoms with Crippen molar-refractivity contribution in [1.29, 1.82) is 0 Å². The van der Waals surface area contributed by atoms with Crippen molar-refractivity contribution in [2.24, 2.45) is 5.92 Å². The molecule has 4 rings (SSSR count). The van der Waals surface area contributed by atoms with Crippen LogP contribution in [-0.4, -0.2) is 40.0 Å². The molecule has 1 aliphatic carbocycles. The van der Waals surface area contributed by atoms with E-state index in [2.05, 4.69) is 10.4 Å². The number of anilines is 1. The number of halogens is 1. The third kappa shape index (κ3) is 2.83. The Morgan fingerprint density at radius 1 is 1.32 bits per heavy atom. The number of carbonyl (C=O) groups is 1. The fraction of sp³-hybridized carbons (Fsp3) is 0.529. The Morgan fingerprint density at radius 2 is 1.96 bits per heavy atom. The Balaban J connectivity index is 1.56. The summed E-state index contributed by atoms with van der Waals surface area (Å²) in [4.78, 5) is 11.8. The summed E-state index contributed by atoms with van der Waals surface area (Å²) in [5.74, 6) is -0.442. The van der Waals surface area contributed by atoms with Crippen molar-refractivity contribution in [1.82, 2.24) is 9.61 Å². The SMILES string of the molecule is CC1(C)OB(c2ccn3nc(NC(=O)[C@@H]4C[C@@H]4F)cc3c2)OC1(C)C. The molecule has 25 heavy (non-hydrogen) atoms. The zero-order valence-electron chi connectivity index (χ0n) is 14.7. The number of pyridine rings is 1. The van der Waals surface area contributed by atoms with E-state index in [9.17, 15) is 9.18 Å². The smallest absolute Gasteiger partial charge is 0.399 e. The molecule has 1 saturated carbocycles. The molecule has 2 aromatic heterocycles. The van der Waals surface area contributed by atoms with Gasteiger partial charge in [0.15, 0.2) is 5.82 Å². The number of amides is 1. The van der Waals surface area contributed by atoms with E-state index in [1.165, 1.54) is 0 Å². The molecule has 0 spiro atoms. The predicted molar refractivity (Wildman–Crippen MR) is 92.5 cm³/mol. The average Bonchev–Trinajstić information content (AvgIpc) is 3.03. The molecule has 2 aromatic rings. The third-order valence-corrected chi connectivity index (χ3v) is 5.31. The molecular weight excluding hydrogens is 324 g/mol. The molecule has 6 nitrogen and oxygen atoms in total. The van der Waals surface area contributed by atoms with Gasteiger partial charge in [0.1, 0.15) is 6.17 Å². The van der Waals surface area contributed by atoms with Crippen LogP contribution in [0, 0.1) is 5.92 Å². The van der Waals surface area contributed by atoms with E-state index in [1.807, 2.05) is 39.8 Å². The van der Waals surface area contributed by atoms with Crippen molar-refractivity contribution in [2.75, 3.05) is 5.32 Å².